The van der Waals surface area contributed by atoms with Gasteiger partial charge in [-0.15, -0.1) is 0 Å². The van der Waals surface area contributed by atoms with Crippen LogP contribution in [0.2, 0.25) is 0 Å². The number of nitrogens with one attached hydrogen (secondary N) is 1. The number of hydrogen-bond acceptors (Lipinski definition) is 6. The number of halogens is 1. The van der Waals surface area contributed by atoms with Crippen LogP contribution in [0.1, 0.15) is 47.2 Å². The molecular weight excluding hydrogens is 421 g/mol. The number of benzene rings is 1. The van der Waals surface area contributed by atoms with Gasteiger partial charge in [0.2, 0.25) is 10.0 Å². The summed E-state index contributed by atoms with van der Waals surface area (Å²) < 4.78 is 46.4. The van der Waals surface area contributed by atoms with E-state index in [1.807, 2.05) is 30.0 Å². The molecule has 0 spiro atoms. The second kappa shape index (κ2) is 8.45. The highest BCUT2D eigenvalue weighted by Gasteiger charge is 2.37. The molecule has 1 atom stereocenters. The summed E-state index contributed by atoms with van der Waals surface area (Å²) in [5.41, 5.74) is 1.35. The zero-order chi connectivity index (χ0) is 22.2. The number of hydrogen-bond donors (Lipinski definition) is 1. The van der Waals surface area contributed by atoms with Gasteiger partial charge < -0.3 is 9.64 Å². The van der Waals surface area contributed by atoms with Crippen molar-refractivity contribution >= 4 is 21.7 Å². The average Bonchev–Trinajstić information content (AvgIpc) is 3.49. The highest BCUT2D eigenvalue weighted by Crippen LogP contribution is 2.29. The number of aromatic nitrogens is 1. The number of carbonyl (C=O) groups is 1. The molecule has 1 aliphatic carbocycles. The first-order valence-corrected chi connectivity index (χ1v) is 12.0. The summed E-state index contributed by atoms with van der Waals surface area (Å²) in [6.45, 7) is 4.93. The van der Waals surface area contributed by atoms with Crippen LogP contribution < -0.4 is 14.4 Å². The summed E-state index contributed by atoms with van der Waals surface area (Å²) >= 11 is 0. The lowest BCUT2D eigenvalue weighted by Crippen LogP contribution is -2.35. The number of aryl methyl sites for hydroxylation is 2. The normalized spacial score (nSPS) is 18.8. The predicted molar refractivity (Wildman–Crippen MR) is 115 cm³/mol. The van der Waals surface area contributed by atoms with Crippen LogP contribution in [0.15, 0.2) is 30.5 Å². The molecule has 2 aliphatic rings. The number of amides is 1. The van der Waals surface area contributed by atoms with Crippen molar-refractivity contribution < 1.29 is 22.3 Å². The summed E-state index contributed by atoms with van der Waals surface area (Å²) in [7, 11) is -3.74. The molecular formula is C22H26FN3O4S. The molecule has 9 heteroatoms. The third-order valence-electron chi connectivity index (χ3n) is 5.71. The number of pyridine rings is 1. The van der Waals surface area contributed by atoms with Gasteiger partial charge in [0.1, 0.15) is 24.0 Å². The van der Waals surface area contributed by atoms with Gasteiger partial charge >= 0.3 is 0 Å². The second-order valence-corrected chi connectivity index (χ2v) is 10.2. The lowest BCUT2D eigenvalue weighted by molar-refractivity contribution is 0.0977. The highest BCUT2D eigenvalue weighted by molar-refractivity contribution is 7.91. The smallest absolute Gasteiger partial charge is 0.267 e. The topological polar surface area (TPSA) is 88.6 Å². The Morgan fingerprint density at radius 1 is 1.26 bits per heavy atom. The molecule has 0 radical (unpaired) electrons. The third kappa shape index (κ3) is 4.81. The van der Waals surface area contributed by atoms with Gasteiger partial charge in [-0.3, -0.25) is 4.79 Å². The molecule has 2 aromatic rings. The van der Waals surface area contributed by atoms with Crippen LogP contribution in [-0.4, -0.2) is 43.8 Å². The van der Waals surface area contributed by atoms with Gasteiger partial charge in [-0.1, -0.05) is 6.07 Å². The number of ether oxygens (including phenoxy) is 1. The standard InChI is InChI=1S/C22H26FN3O4S/c1-14-5-8-21(24-12-14)26-9-3-4-16(26)13-30-20-11-19(23)18(10-15(20)2)22(27)25-31(28,29)17-6-7-17/h5,8,10-12,16-17H,3-4,6-7,9,13H2,1-2H3,(H,25,27)/t16-/m1/s1. The Kier molecular flexibility index (Phi) is 5.88. The summed E-state index contributed by atoms with van der Waals surface area (Å²) in [6.07, 6.45) is 4.83. The first-order chi connectivity index (χ1) is 14.7. The van der Waals surface area contributed by atoms with Crippen molar-refractivity contribution in [2.75, 3.05) is 18.1 Å². The van der Waals surface area contributed by atoms with Crippen LogP contribution in [0.4, 0.5) is 10.2 Å². The van der Waals surface area contributed by atoms with Crippen LogP contribution in [0.3, 0.4) is 0 Å². The van der Waals surface area contributed by atoms with E-state index in [1.165, 1.54) is 6.07 Å². The first-order valence-electron chi connectivity index (χ1n) is 10.4. The van der Waals surface area contributed by atoms with Crippen molar-refractivity contribution in [3.8, 4) is 5.75 Å². The summed E-state index contributed by atoms with van der Waals surface area (Å²) in [5, 5.41) is -0.555. The van der Waals surface area contributed by atoms with Crippen molar-refractivity contribution in [1.82, 2.24) is 9.71 Å². The number of rotatable bonds is 7. The van der Waals surface area contributed by atoms with E-state index in [4.69, 9.17) is 4.74 Å². The third-order valence-corrected chi connectivity index (χ3v) is 7.52. The minimum Gasteiger partial charge on any atom is -0.491 e. The van der Waals surface area contributed by atoms with Crippen molar-refractivity contribution in [3.63, 3.8) is 0 Å². The van der Waals surface area contributed by atoms with E-state index < -0.39 is 27.0 Å². The molecule has 1 aromatic heterocycles. The summed E-state index contributed by atoms with van der Waals surface area (Å²) in [4.78, 5) is 19.0. The zero-order valence-electron chi connectivity index (χ0n) is 17.6. The lowest BCUT2D eigenvalue weighted by Gasteiger charge is -2.26. The monoisotopic (exact) mass is 447 g/mol. The van der Waals surface area contributed by atoms with Crippen LogP contribution in [-0.2, 0) is 10.0 Å². The van der Waals surface area contributed by atoms with Gasteiger partial charge in [0.05, 0.1) is 16.9 Å². The SMILES string of the molecule is Cc1ccc(N2CCC[C@@H]2COc2cc(F)c(C(=O)NS(=O)(=O)C3CC3)cc2C)nc1. The minimum absolute atomic E-state index is 0.115. The van der Waals surface area contributed by atoms with Gasteiger partial charge in [-0.25, -0.2) is 22.5 Å². The Balaban J connectivity index is 1.43. The van der Waals surface area contributed by atoms with E-state index in [-0.39, 0.29) is 11.6 Å². The molecule has 1 saturated heterocycles. The Morgan fingerprint density at radius 2 is 2.03 bits per heavy atom. The minimum atomic E-state index is -3.74. The Labute approximate surface area is 181 Å². The van der Waals surface area contributed by atoms with Gasteiger partial charge in [0.15, 0.2) is 0 Å². The van der Waals surface area contributed by atoms with Crippen LogP contribution in [0.25, 0.3) is 0 Å². The predicted octanol–water partition coefficient (Wildman–Crippen LogP) is 3.11. The second-order valence-electron chi connectivity index (χ2n) is 8.27. The fraction of sp³-hybridized carbons (Fsp3) is 0.455. The van der Waals surface area contributed by atoms with Crippen LogP contribution in [0, 0.1) is 19.7 Å². The largest absolute Gasteiger partial charge is 0.491 e. The van der Waals surface area contributed by atoms with Crippen molar-refractivity contribution in [2.24, 2.45) is 0 Å². The fourth-order valence-electron chi connectivity index (χ4n) is 3.77. The number of anilines is 1. The van der Waals surface area contributed by atoms with Crippen LogP contribution >= 0.6 is 0 Å². The summed E-state index contributed by atoms with van der Waals surface area (Å²) in [6, 6.07) is 6.60. The molecule has 2 fully saturated rings. The van der Waals surface area contributed by atoms with Gasteiger partial charge in [0, 0.05) is 18.8 Å². The van der Waals surface area contributed by atoms with E-state index in [2.05, 4.69) is 9.88 Å². The molecule has 166 valence electrons. The molecule has 2 heterocycles. The Hall–Kier alpha value is -2.68. The van der Waals surface area contributed by atoms with Crippen molar-refractivity contribution in [3.05, 3.63) is 53.0 Å². The Bertz CT molecular complexity index is 1080. The highest BCUT2D eigenvalue weighted by atomic mass is 32.2. The van der Waals surface area contributed by atoms with Crippen molar-refractivity contribution in [2.45, 2.75) is 50.8 Å². The molecule has 7 nitrogen and oxygen atoms in total. The summed E-state index contributed by atoms with van der Waals surface area (Å²) in [5.74, 6) is -0.537. The number of carbonyl (C=O) groups excluding carboxylic acids is 1. The maximum Gasteiger partial charge on any atom is 0.267 e. The zero-order valence-corrected chi connectivity index (χ0v) is 18.4. The first kappa shape index (κ1) is 21.5. The molecule has 1 amide bonds. The molecule has 4 rings (SSSR count). The Morgan fingerprint density at radius 3 is 2.71 bits per heavy atom. The maximum absolute atomic E-state index is 14.6. The van der Waals surface area contributed by atoms with Gasteiger partial charge in [-0.05, 0) is 62.8 Å². The molecule has 0 bridgehead atoms. The van der Waals surface area contributed by atoms with E-state index >= 15 is 0 Å². The fourth-order valence-corrected chi connectivity index (χ4v) is 5.06. The molecule has 1 aliphatic heterocycles. The molecule has 1 N–H and O–H groups in total. The number of sulfonamides is 1. The van der Waals surface area contributed by atoms with E-state index in [0.717, 1.165) is 36.8 Å². The lowest BCUT2D eigenvalue weighted by atomic mass is 10.1. The molecule has 1 saturated carbocycles. The van der Waals surface area contributed by atoms with E-state index in [0.29, 0.717) is 30.8 Å². The number of nitrogens with zero attached hydrogens (tertiary/aromatic N) is 2. The van der Waals surface area contributed by atoms with Gasteiger partial charge in [-0.2, -0.15) is 0 Å². The quantitative estimate of drug-likeness (QED) is 0.702. The van der Waals surface area contributed by atoms with Gasteiger partial charge in [0.25, 0.3) is 5.91 Å². The van der Waals surface area contributed by atoms with E-state index in [1.54, 1.807) is 6.92 Å². The molecule has 0 unspecified atom stereocenters. The molecule has 1 aromatic carbocycles. The molecule has 31 heavy (non-hydrogen) atoms. The average molecular weight is 448 g/mol. The van der Waals surface area contributed by atoms with Crippen molar-refractivity contribution in [1.29, 1.82) is 0 Å². The van der Waals surface area contributed by atoms with Crippen LogP contribution in [0.5, 0.6) is 5.75 Å². The maximum atomic E-state index is 14.6. The van der Waals surface area contributed by atoms with E-state index in [9.17, 15) is 17.6 Å².